The van der Waals surface area contributed by atoms with E-state index in [4.69, 9.17) is 4.74 Å². The number of aryl methyl sites for hydroxylation is 3. The van der Waals surface area contributed by atoms with Crippen molar-refractivity contribution in [1.29, 1.82) is 0 Å². The van der Waals surface area contributed by atoms with Crippen molar-refractivity contribution in [2.24, 2.45) is 5.92 Å². The summed E-state index contributed by atoms with van der Waals surface area (Å²) in [4.78, 5) is 39.6. The minimum Gasteiger partial charge on any atom is -0.452 e. The molecule has 1 N–H and O–H groups in total. The standard InChI is InChI=1S/C25H30N2O4/c1-16-9-10-18(3)22(15-16)26-23(28)19(4)31-25(30)20-11-13-27(14-12-20)24(29)21-8-6-5-7-17(21)2/h5-10,15,19-20H,11-14H2,1-4H3,(H,26,28)/t19-/m0/s1. The average Bonchev–Trinajstić information content (AvgIpc) is 2.76. The predicted molar refractivity (Wildman–Crippen MR) is 120 cm³/mol. The zero-order valence-electron chi connectivity index (χ0n) is 18.6. The highest BCUT2D eigenvalue weighted by Gasteiger charge is 2.31. The van der Waals surface area contributed by atoms with Crippen LogP contribution in [0.15, 0.2) is 42.5 Å². The van der Waals surface area contributed by atoms with E-state index in [1.54, 1.807) is 11.8 Å². The van der Waals surface area contributed by atoms with Crippen molar-refractivity contribution in [3.63, 3.8) is 0 Å². The van der Waals surface area contributed by atoms with Crippen molar-refractivity contribution in [1.82, 2.24) is 4.90 Å². The van der Waals surface area contributed by atoms with Gasteiger partial charge in [-0.15, -0.1) is 0 Å². The highest BCUT2D eigenvalue weighted by Crippen LogP contribution is 2.22. The molecule has 0 spiro atoms. The number of benzene rings is 2. The Labute approximate surface area is 183 Å². The molecule has 0 aliphatic carbocycles. The minimum atomic E-state index is -0.890. The Balaban J connectivity index is 1.51. The largest absolute Gasteiger partial charge is 0.452 e. The van der Waals surface area contributed by atoms with Gasteiger partial charge in [0.1, 0.15) is 0 Å². The number of carbonyl (C=O) groups excluding carboxylic acids is 3. The fourth-order valence-corrected chi connectivity index (χ4v) is 3.73. The number of likely N-dealkylation sites (tertiary alicyclic amines) is 1. The molecular weight excluding hydrogens is 392 g/mol. The van der Waals surface area contributed by atoms with Crippen LogP contribution in [0, 0.1) is 26.7 Å². The van der Waals surface area contributed by atoms with Gasteiger partial charge in [-0.2, -0.15) is 0 Å². The van der Waals surface area contributed by atoms with Gasteiger partial charge >= 0.3 is 5.97 Å². The van der Waals surface area contributed by atoms with Crippen molar-refractivity contribution in [2.45, 2.75) is 46.6 Å². The average molecular weight is 423 g/mol. The monoisotopic (exact) mass is 422 g/mol. The molecular formula is C25H30N2O4. The van der Waals surface area contributed by atoms with Crippen LogP contribution < -0.4 is 5.32 Å². The van der Waals surface area contributed by atoms with Crippen LogP contribution in [0.4, 0.5) is 5.69 Å². The van der Waals surface area contributed by atoms with Gasteiger partial charge in [0, 0.05) is 24.3 Å². The molecule has 1 fully saturated rings. The van der Waals surface area contributed by atoms with Gasteiger partial charge in [-0.05, 0) is 69.4 Å². The SMILES string of the molecule is Cc1ccc(C)c(NC(=O)[C@H](C)OC(=O)C2CCN(C(=O)c3ccccc3C)CC2)c1. The van der Waals surface area contributed by atoms with Crippen LogP contribution in [-0.4, -0.2) is 41.9 Å². The molecule has 0 radical (unpaired) electrons. The summed E-state index contributed by atoms with van der Waals surface area (Å²) in [5, 5.41) is 2.84. The molecule has 3 rings (SSSR count). The van der Waals surface area contributed by atoms with E-state index in [2.05, 4.69) is 5.32 Å². The molecule has 0 bridgehead atoms. The molecule has 0 aromatic heterocycles. The molecule has 2 amide bonds. The first-order chi connectivity index (χ1) is 14.8. The Morgan fingerprint density at radius 2 is 1.68 bits per heavy atom. The topological polar surface area (TPSA) is 75.7 Å². The molecule has 31 heavy (non-hydrogen) atoms. The van der Waals surface area contributed by atoms with E-state index < -0.39 is 6.10 Å². The second-order valence-corrected chi connectivity index (χ2v) is 8.27. The van der Waals surface area contributed by atoms with Crippen molar-refractivity contribution in [2.75, 3.05) is 18.4 Å². The molecule has 1 heterocycles. The lowest BCUT2D eigenvalue weighted by Crippen LogP contribution is -2.42. The number of hydrogen-bond acceptors (Lipinski definition) is 4. The van der Waals surface area contributed by atoms with E-state index >= 15 is 0 Å². The summed E-state index contributed by atoms with van der Waals surface area (Å²) >= 11 is 0. The lowest BCUT2D eigenvalue weighted by molar-refractivity contribution is -0.158. The van der Waals surface area contributed by atoms with Gasteiger partial charge in [0.05, 0.1) is 5.92 Å². The second kappa shape index (κ2) is 9.77. The predicted octanol–water partition coefficient (Wildman–Crippen LogP) is 4.03. The third kappa shape index (κ3) is 5.51. The second-order valence-electron chi connectivity index (χ2n) is 8.27. The smallest absolute Gasteiger partial charge is 0.309 e. The third-order valence-electron chi connectivity index (χ3n) is 5.80. The molecule has 164 valence electrons. The minimum absolute atomic E-state index is 0.00816. The summed E-state index contributed by atoms with van der Waals surface area (Å²) in [7, 11) is 0. The van der Waals surface area contributed by atoms with Crippen molar-refractivity contribution >= 4 is 23.5 Å². The Kier molecular flexibility index (Phi) is 7.10. The summed E-state index contributed by atoms with van der Waals surface area (Å²) in [6, 6.07) is 13.3. The van der Waals surface area contributed by atoms with E-state index in [0.717, 1.165) is 22.4 Å². The molecule has 6 nitrogen and oxygen atoms in total. The molecule has 2 aromatic rings. The summed E-state index contributed by atoms with van der Waals surface area (Å²) in [6.07, 6.45) is 0.169. The van der Waals surface area contributed by atoms with E-state index in [9.17, 15) is 14.4 Å². The fourth-order valence-electron chi connectivity index (χ4n) is 3.73. The molecule has 1 atom stereocenters. The zero-order valence-corrected chi connectivity index (χ0v) is 18.6. The van der Waals surface area contributed by atoms with E-state index in [-0.39, 0.29) is 23.7 Å². The Bertz CT molecular complexity index is 977. The number of ether oxygens (including phenoxy) is 1. The van der Waals surface area contributed by atoms with Crippen LogP contribution in [0.2, 0.25) is 0 Å². The molecule has 0 unspecified atom stereocenters. The van der Waals surface area contributed by atoms with E-state index in [1.807, 2.05) is 63.2 Å². The number of esters is 1. The van der Waals surface area contributed by atoms with Crippen LogP contribution >= 0.6 is 0 Å². The summed E-state index contributed by atoms with van der Waals surface area (Å²) in [5.41, 5.74) is 4.34. The maximum Gasteiger partial charge on any atom is 0.309 e. The van der Waals surface area contributed by atoms with Gasteiger partial charge in [0.2, 0.25) is 0 Å². The van der Waals surface area contributed by atoms with E-state index in [0.29, 0.717) is 31.5 Å². The van der Waals surface area contributed by atoms with Gasteiger partial charge in [-0.1, -0.05) is 30.3 Å². The first kappa shape index (κ1) is 22.5. The van der Waals surface area contributed by atoms with Gasteiger partial charge < -0.3 is 15.0 Å². The van der Waals surface area contributed by atoms with Crippen LogP contribution in [0.3, 0.4) is 0 Å². The quantitative estimate of drug-likeness (QED) is 0.738. The molecule has 2 aromatic carbocycles. The van der Waals surface area contributed by atoms with Gasteiger partial charge in [0.25, 0.3) is 11.8 Å². The molecule has 1 aliphatic rings. The number of piperidine rings is 1. The third-order valence-corrected chi connectivity index (χ3v) is 5.80. The maximum atomic E-state index is 12.7. The normalized spacial score (nSPS) is 15.3. The lowest BCUT2D eigenvalue weighted by Gasteiger charge is -2.31. The van der Waals surface area contributed by atoms with Crippen LogP contribution in [-0.2, 0) is 14.3 Å². The summed E-state index contributed by atoms with van der Waals surface area (Å²) in [6.45, 7) is 8.36. The van der Waals surface area contributed by atoms with Gasteiger partial charge in [-0.25, -0.2) is 0 Å². The zero-order chi connectivity index (χ0) is 22.5. The fraction of sp³-hybridized carbons (Fsp3) is 0.400. The number of amides is 2. The van der Waals surface area contributed by atoms with Crippen LogP contribution in [0.25, 0.3) is 0 Å². The van der Waals surface area contributed by atoms with Gasteiger partial charge in [0.15, 0.2) is 6.10 Å². The number of rotatable bonds is 5. The highest BCUT2D eigenvalue weighted by atomic mass is 16.5. The highest BCUT2D eigenvalue weighted by molar-refractivity contribution is 5.96. The van der Waals surface area contributed by atoms with Crippen molar-refractivity contribution in [3.8, 4) is 0 Å². The van der Waals surface area contributed by atoms with Crippen LogP contribution in [0.1, 0.15) is 46.8 Å². The number of hydrogen-bond donors (Lipinski definition) is 1. The molecule has 0 saturated carbocycles. The lowest BCUT2D eigenvalue weighted by atomic mass is 9.96. The molecule has 1 aliphatic heterocycles. The summed E-state index contributed by atoms with van der Waals surface area (Å²) in [5.74, 6) is -1.05. The van der Waals surface area contributed by atoms with Gasteiger partial charge in [-0.3, -0.25) is 14.4 Å². The first-order valence-corrected chi connectivity index (χ1v) is 10.7. The Hall–Kier alpha value is -3.15. The summed E-state index contributed by atoms with van der Waals surface area (Å²) < 4.78 is 5.44. The number of nitrogens with one attached hydrogen (secondary N) is 1. The number of carbonyl (C=O) groups is 3. The maximum absolute atomic E-state index is 12.7. The first-order valence-electron chi connectivity index (χ1n) is 10.7. The van der Waals surface area contributed by atoms with Crippen LogP contribution in [0.5, 0.6) is 0 Å². The van der Waals surface area contributed by atoms with Crippen molar-refractivity contribution < 1.29 is 19.1 Å². The Morgan fingerprint density at radius 1 is 1.00 bits per heavy atom. The number of nitrogens with zero attached hydrogens (tertiary/aromatic N) is 1. The number of anilines is 1. The molecule has 1 saturated heterocycles. The van der Waals surface area contributed by atoms with E-state index in [1.165, 1.54) is 0 Å². The van der Waals surface area contributed by atoms with Crippen molar-refractivity contribution in [3.05, 3.63) is 64.7 Å². The molecule has 6 heteroatoms. The Morgan fingerprint density at radius 3 is 2.35 bits per heavy atom.